The summed E-state index contributed by atoms with van der Waals surface area (Å²) in [6.07, 6.45) is 0. The molecule has 1 rings (SSSR count). The van der Waals surface area contributed by atoms with Crippen molar-refractivity contribution in [2.45, 2.75) is 13.8 Å². The van der Waals surface area contributed by atoms with Crippen molar-refractivity contribution in [2.75, 3.05) is 13.0 Å². The first-order valence-electron chi connectivity index (χ1n) is 4.34. The molecule has 0 heterocycles. The molecule has 0 amide bonds. The molecule has 0 bridgehead atoms. The monoisotopic (exact) mass is 218 g/mol. The Kier molecular flexibility index (Phi) is 7.02. The van der Waals surface area contributed by atoms with Gasteiger partial charge in [-0.1, -0.05) is 13.8 Å². The molecule has 1 aromatic carbocycles. The quantitative estimate of drug-likeness (QED) is 0.620. The first kappa shape index (κ1) is 13.1. The highest BCUT2D eigenvalue weighted by Gasteiger charge is 2.00. The molecule has 0 saturated heterocycles. The molecule has 1 aromatic rings. The molecule has 0 atom stereocenters. The minimum absolute atomic E-state index is 0.215. The van der Waals surface area contributed by atoms with E-state index in [0.29, 0.717) is 11.5 Å². The van der Waals surface area contributed by atoms with Crippen molar-refractivity contribution < 1.29 is 13.9 Å². The average Bonchev–Trinajstić information content (AvgIpc) is 2.20. The predicted octanol–water partition coefficient (Wildman–Crippen LogP) is 3.13. The third kappa shape index (κ3) is 4.37. The van der Waals surface area contributed by atoms with Gasteiger partial charge in [-0.25, -0.2) is 4.39 Å². The number of thiol groups is 1. The van der Waals surface area contributed by atoms with E-state index in [1.54, 1.807) is 6.07 Å². The second-order valence-corrected chi connectivity index (χ2v) is 2.36. The Morgan fingerprint density at radius 1 is 1.21 bits per heavy atom. The van der Waals surface area contributed by atoms with Gasteiger partial charge in [-0.15, -0.1) is 12.6 Å². The fourth-order valence-electron chi connectivity index (χ4n) is 0.813. The molecule has 0 unspecified atom stereocenters. The zero-order valence-electron chi connectivity index (χ0n) is 8.58. The zero-order chi connectivity index (χ0) is 11.0. The van der Waals surface area contributed by atoms with Crippen molar-refractivity contribution in [3.8, 4) is 11.5 Å². The molecule has 0 aliphatic rings. The van der Waals surface area contributed by atoms with Gasteiger partial charge in [0.05, 0.1) is 7.11 Å². The number of rotatable bonds is 3. The molecule has 80 valence electrons. The van der Waals surface area contributed by atoms with E-state index in [2.05, 4.69) is 12.6 Å². The van der Waals surface area contributed by atoms with Crippen molar-refractivity contribution in [1.82, 2.24) is 0 Å². The van der Waals surface area contributed by atoms with Gasteiger partial charge in [-0.3, -0.25) is 0 Å². The van der Waals surface area contributed by atoms with Crippen molar-refractivity contribution >= 4 is 12.6 Å². The molecule has 0 N–H and O–H groups in total. The fraction of sp³-hybridized carbons (Fsp3) is 0.400. The standard InChI is InChI=1S/C8H9FO2S.C2H6/c1-10-7-2-6(9)3-8(4-7)11-5-12;1-2/h2-4,12H,5H2,1H3;1-2H3. The van der Waals surface area contributed by atoms with Crippen LogP contribution < -0.4 is 9.47 Å². The predicted molar refractivity (Wildman–Crippen MR) is 58.8 cm³/mol. The molecule has 0 saturated carbocycles. The third-order valence-electron chi connectivity index (χ3n) is 1.31. The number of benzene rings is 1. The first-order chi connectivity index (χ1) is 6.76. The van der Waals surface area contributed by atoms with E-state index in [1.807, 2.05) is 13.8 Å². The van der Waals surface area contributed by atoms with Gasteiger partial charge in [-0.2, -0.15) is 0 Å². The smallest absolute Gasteiger partial charge is 0.131 e. The van der Waals surface area contributed by atoms with Gasteiger partial charge >= 0.3 is 0 Å². The first-order valence-corrected chi connectivity index (χ1v) is 4.97. The maximum atomic E-state index is 12.8. The Hall–Kier alpha value is -0.900. The van der Waals surface area contributed by atoms with Gasteiger partial charge in [-0.05, 0) is 0 Å². The summed E-state index contributed by atoms with van der Waals surface area (Å²) in [5.41, 5.74) is 0. The molecule has 0 aliphatic carbocycles. The average molecular weight is 218 g/mol. The van der Waals surface area contributed by atoms with Crippen LogP contribution in [0, 0.1) is 5.82 Å². The van der Waals surface area contributed by atoms with Crippen molar-refractivity contribution in [2.24, 2.45) is 0 Å². The number of halogens is 1. The maximum Gasteiger partial charge on any atom is 0.131 e. The van der Waals surface area contributed by atoms with Gasteiger partial charge in [0, 0.05) is 18.2 Å². The number of hydrogen-bond acceptors (Lipinski definition) is 3. The number of methoxy groups -OCH3 is 1. The largest absolute Gasteiger partial charge is 0.497 e. The summed E-state index contributed by atoms with van der Waals surface area (Å²) in [7, 11) is 1.47. The lowest BCUT2D eigenvalue weighted by Gasteiger charge is -2.04. The summed E-state index contributed by atoms with van der Waals surface area (Å²) >= 11 is 3.84. The van der Waals surface area contributed by atoms with Crippen molar-refractivity contribution in [3.05, 3.63) is 24.0 Å². The van der Waals surface area contributed by atoms with E-state index in [-0.39, 0.29) is 11.8 Å². The molecule has 0 aliphatic heterocycles. The van der Waals surface area contributed by atoms with E-state index in [1.165, 1.54) is 19.2 Å². The molecular formula is C10H15FO2S. The van der Waals surface area contributed by atoms with Crippen LogP contribution >= 0.6 is 12.6 Å². The van der Waals surface area contributed by atoms with Gasteiger partial charge in [0.25, 0.3) is 0 Å². The molecule has 0 spiro atoms. The molecule has 2 nitrogen and oxygen atoms in total. The van der Waals surface area contributed by atoms with E-state index in [0.717, 1.165) is 0 Å². The van der Waals surface area contributed by atoms with Crippen LogP contribution in [0.15, 0.2) is 18.2 Å². The van der Waals surface area contributed by atoms with Gasteiger partial charge in [0.1, 0.15) is 23.3 Å². The minimum Gasteiger partial charge on any atom is -0.497 e. The lowest BCUT2D eigenvalue weighted by Crippen LogP contribution is -1.91. The second-order valence-electron chi connectivity index (χ2n) is 2.10. The van der Waals surface area contributed by atoms with Crippen LogP contribution in [0.1, 0.15) is 13.8 Å². The number of hydrogen-bond donors (Lipinski definition) is 1. The van der Waals surface area contributed by atoms with Crippen LogP contribution in [0.25, 0.3) is 0 Å². The molecule has 0 fully saturated rings. The summed E-state index contributed by atoms with van der Waals surface area (Å²) < 4.78 is 22.6. The van der Waals surface area contributed by atoms with Crippen molar-refractivity contribution in [3.63, 3.8) is 0 Å². The highest BCUT2D eigenvalue weighted by Crippen LogP contribution is 2.21. The lowest BCUT2D eigenvalue weighted by molar-refractivity contribution is 0.377. The molecule has 14 heavy (non-hydrogen) atoms. The Balaban J connectivity index is 0.000000791. The highest BCUT2D eigenvalue weighted by molar-refractivity contribution is 7.80. The fourth-order valence-corrected chi connectivity index (χ4v) is 0.962. The summed E-state index contributed by atoms with van der Waals surface area (Å²) in [6, 6.07) is 4.16. The summed E-state index contributed by atoms with van der Waals surface area (Å²) in [5.74, 6) is 0.687. The summed E-state index contributed by atoms with van der Waals surface area (Å²) in [4.78, 5) is 0. The van der Waals surface area contributed by atoms with Crippen LogP contribution in [0.5, 0.6) is 11.5 Å². The summed E-state index contributed by atoms with van der Waals surface area (Å²) in [5, 5.41) is 0. The highest BCUT2D eigenvalue weighted by atomic mass is 32.1. The van der Waals surface area contributed by atoms with Gasteiger partial charge < -0.3 is 9.47 Å². The van der Waals surface area contributed by atoms with E-state index in [4.69, 9.17) is 9.47 Å². The van der Waals surface area contributed by atoms with Crippen molar-refractivity contribution in [1.29, 1.82) is 0 Å². The lowest BCUT2D eigenvalue weighted by atomic mass is 10.3. The topological polar surface area (TPSA) is 18.5 Å². The van der Waals surface area contributed by atoms with Crippen LogP contribution in [0.3, 0.4) is 0 Å². The number of ether oxygens (including phenoxy) is 2. The Bertz CT molecular complexity index is 266. The third-order valence-corrected chi connectivity index (χ3v) is 1.44. The van der Waals surface area contributed by atoms with Gasteiger partial charge in [0.15, 0.2) is 0 Å². The Morgan fingerprint density at radius 2 is 1.79 bits per heavy atom. The van der Waals surface area contributed by atoms with Gasteiger partial charge in [0.2, 0.25) is 0 Å². The van der Waals surface area contributed by atoms with Crippen LogP contribution in [-0.4, -0.2) is 13.0 Å². The summed E-state index contributed by atoms with van der Waals surface area (Å²) in [6.45, 7) is 4.00. The minimum atomic E-state index is -0.383. The molecule has 0 radical (unpaired) electrons. The van der Waals surface area contributed by atoms with E-state index >= 15 is 0 Å². The Labute approximate surface area is 89.4 Å². The zero-order valence-corrected chi connectivity index (χ0v) is 9.48. The van der Waals surface area contributed by atoms with Crippen LogP contribution in [-0.2, 0) is 0 Å². The normalized spacial score (nSPS) is 8.64. The maximum absolute atomic E-state index is 12.8. The Morgan fingerprint density at radius 3 is 2.29 bits per heavy atom. The SMILES string of the molecule is CC.COc1cc(F)cc(OCS)c1. The van der Waals surface area contributed by atoms with Crippen LogP contribution in [0.4, 0.5) is 4.39 Å². The molecular weight excluding hydrogens is 203 g/mol. The van der Waals surface area contributed by atoms with E-state index in [9.17, 15) is 4.39 Å². The molecule has 4 heteroatoms. The second kappa shape index (κ2) is 7.50. The molecule has 0 aromatic heterocycles. The van der Waals surface area contributed by atoms with E-state index < -0.39 is 0 Å². The van der Waals surface area contributed by atoms with Crippen LogP contribution in [0.2, 0.25) is 0 Å².